The fraction of sp³-hybridized carbons (Fsp3) is 0.455. The van der Waals surface area contributed by atoms with Crippen molar-refractivity contribution in [3.05, 3.63) is 47.7 Å². The molecule has 2 atom stereocenters. The molecule has 2 unspecified atom stereocenters. The molecule has 1 N–H and O–H groups in total. The Kier molecular flexibility index (Phi) is 5.67. The molecule has 8 heteroatoms. The summed E-state index contributed by atoms with van der Waals surface area (Å²) in [6.07, 6.45) is 3.65. The number of nitrogens with one attached hydrogen (secondary N) is 1. The first-order valence-corrected chi connectivity index (χ1v) is 10.1. The first kappa shape index (κ1) is 20.3. The van der Waals surface area contributed by atoms with Gasteiger partial charge in [0.15, 0.2) is 0 Å². The van der Waals surface area contributed by atoms with Gasteiger partial charge in [-0.1, -0.05) is 6.08 Å². The lowest BCUT2D eigenvalue weighted by Gasteiger charge is -2.33. The SMILES string of the molecule is C=CCN1C(=O)NC(c2cc(OC)cc(OC)c2)C2=C1CN(CC1CCCO1)C2=O. The Morgan fingerprint density at radius 2 is 1.97 bits per heavy atom. The monoisotopic (exact) mass is 413 g/mol. The summed E-state index contributed by atoms with van der Waals surface area (Å²) < 4.78 is 16.5. The van der Waals surface area contributed by atoms with Crippen LogP contribution in [-0.4, -0.2) is 68.3 Å². The average molecular weight is 413 g/mol. The lowest BCUT2D eigenvalue weighted by Crippen LogP contribution is -2.47. The highest BCUT2D eigenvalue weighted by molar-refractivity contribution is 6.01. The Morgan fingerprint density at radius 3 is 2.57 bits per heavy atom. The van der Waals surface area contributed by atoms with Crippen LogP contribution in [0.1, 0.15) is 24.4 Å². The number of benzene rings is 1. The van der Waals surface area contributed by atoms with Crippen molar-refractivity contribution in [2.75, 3.05) is 40.5 Å². The van der Waals surface area contributed by atoms with Gasteiger partial charge in [0.25, 0.3) is 5.91 Å². The third kappa shape index (κ3) is 3.63. The van der Waals surface area contributed by atoms with E-state index in [9.17, 15) is 9.59 Å². The molecule has 4 rings (SSSR count). The molecule has 1 aromatic carbocycles. The molecule has 1 saturated heterocycles. The molecular formula is C22H27N3O5. The van der Waals surface area contributed by atoms with E-state index in [0.29, 0.717) is 42.4 Å². The number of hydrogen-bond donors (Lipinski definition) is 1. The molecule has 0 aromatic heterocycles. The topological polar surface area (TPSA) is 80.3 Å². The van der Waals surface area contributed by atoms with Gasteiger partial charge >= 0.3 is 6.03 Å². The zero-order valence-corrected chi connectivity index (χ0v) is 17.3. The highest BCUT2D eigenvalue weighted by Crippen LogP contribution is 2.38. The van der Waals surface area contributed by atoms with Crippen molar-refractivity contribution in [2.24, 2.45) is 0 Å². The molecule has 3 amide bonds. The van der Waals surface area contributed by atoms with Gasteiger partial charge in [0, 0.05) is 25.8 Å². The van der Waals surface area contributed by atoms with Crippen LogP contribution in [-0.2, 0) is 9.53 Å². The minimum Gasteiger partial charge on any atom is -0.497 e. The number of rotatable bonds is 7. The Morgan fingerprint density at radius 1 is 1.23 bits per heavy atom. The zero-order valence-electron chi connectivity index (χ0n) is 17.3. The van der Waals surface area contributed by atoms with Gasteiger partial charge in [-0.25, -0.2) is 4.79 Å². The van der Waals surface area contributed by atoms with Crippen LogP contribution in [0, 0.1) is 0 Å². The molecule has 30 heavy (non-hydrogen) atoms. The number of hydrogen-bond acceptors (Lipinski definition) is 5. The van der Waals surface area contributed by atoms with E-state index in [0.717, 1.165) is 25.0 Å². The van der Waals surface area contributed by atoms with E-state index in [1.165, 1.54) is 0 Å². The lowest BCUT2D eigenvalue weighted by molar-refractivity contribution is -0.127. The van der Waals surface area contributed by atoms with Crippen molar-refractivity contribution in [3.8, 4) is 11.5 Å². The van der Waals surface area contributed by atoms with Crippen molar-refractivity contribution in [1.29, 1.82) is 0 Å². The summed E-state index contributed by atoms with van der Waals surface area (Å²) in [6, 6.07) is 4.55. The number of urea groups is 1. The van der Waals surface area contributed by atoms with Crippen LogP contribution in [0.25, 0.3) is 0 Å². The summed E-state index contributed by atoms with van der Waals surface area (Å²) in [7, 11) is 3.14. The zero-order chi connectivity index (χ0) is 21.3. The first-order chi connectivity index (χ1) is 14.5. The predicted molar refractivity (Wildman–Crippen MR) is 110 cm³/mol. The van der Waals surface area contributed by atoms with Gasteiger partial charge in [0.05, 0.1) is 44.2 Å². The number of amides is 3. The minimum atomic E-state index is -0.584. The summed E-state index contributed by atoms with van der Waals surface area (Å²) in [5, 5.41) is 2.98. The first-order valence-electron chi connectivity index (χ1n) is 10.1. The number of carbonyl (C=O) groups is 2. The third-order valence-corrected chi connectivity index (χ3v) is 5.76. The molecule has 0 radical (unpaired) electrons. The maximum Gasteiger partial charge on any atom is 0.322 e. The molecule has 0 saturated carbocycles. The number of methoxy groups -OCH3 is 2. The number of ether oxygens (including phenoxy) is 3. The predicted octanol–water partition coefficient (Wildman–Crippen LogP) is 2.23. The van der Waals surface area contributed by atoms with Crippen LogP contribution in [0.15, 0.2) is 42.1 Å². The molecule has 0 spiro atoms. The highest BCUT2D eigenvalue weighted by Gasteiger charge is 2.44. The second-order valence-electron chi connectivity index (χ2n) is 7.61. The van der Waals surface area contributed by atoms with Crippen LogP contribution in [0.4, 0.5) is 4.79 Å². The quantitative estimate of drug-likeness (QED) is 0.694. The Bertz CT molecular complexity index is 869. The summed E-state index contributed by atoms with van der Waals surface area (Å²) in [4.78, 5) is 29.7. The normalized spacial score (nSPS) is 23.5. The summed E-state index contributed by atoms with van der Waals surface area (Å²) in [6.45, 7) is 5.72. The van der Waals surface area contributed by atoms with Crippen molar-refractivity contribution >= 4 is 11.9 Å². The maximum atomic E-state index is 13.4. The van der Waals surface area contributed by atoms with E-state index in [1.807, 2.05) is 12.1 Å². The molecule has 3 aliphatic rings. The highest BCUT2D eigenvalue weighted by atomic mass is 16.5. The minimum absolute atomic E-state index is 0.0437. The van der Waals surface area contributed by atoms with E-state index in [1.54, 1.807) is 36.2 Å². The van der Waals surface area contributed by atoms with E-state index in [4.69, 9.17) is 14.2 Å². The van der Waals surface area contributed by atoms with Crippen molar-refractivity contribution < 1.29 is 23.8 Å². The van der Waals surface area contributed by atoms with E-state index < -0.39 is 6.04 Å². The van der Waals surface area contributed by atoms with Crippen LogP contribution in [0.3, 0.4) is 0 Å². The Hall–Kier alpha value is -3.00. The number of nitrogens with zero attached hydrogens (tertiary/aromatic N) is 2. The number of carbonyl (C=O) groups excluding carboxylic acids is 2. The molecule has 0 aliphatic carbocycles. The van der Waals surface area contributed by atoms with Crippen LogP contribution in [0.5, 0.6) is 11.5 Å². The van der Waals surface area contributed by atoms with Gasteiger partial charge in [0.2, 0.25) is 0 Å². The molecule has 1 fully saturated rings. The smallest absolute Gasteiger partial charge is 0.322 e. The van der Waals surface area contributed by atoms with E-state index in [-0.39, 0.29) is 18.0 Å². The molecule has 3 aliphatic heterocycles. The Balaban J connectivity index is 1.72. The van der Waals surface area contributed by atoms with Gasteiger partial charge in [-0.3, -0.25) is 9.69 Å². The van der Waals surface area contributed by atoms with Crippen LogP contribution < -0.4 is 14.8 Å². The fourth-order valence-corrected chi connectivity index (χ4v) is 4.30. The Labute approximate surface area is 176 Å². The second-order valence-corrected chi connectivity index (χ2v) is 7.61. The van der Waals surface area contributed by atoms with Crippen molar-refractivity contribution in [3.63, 3.8) is 0 Å². The largest absolute Gasteiger partial charge is 0.497 e. The molecule has 8 nitrogen and oxygen atoms in total. The van der Waals surface area contributed by atoms with Crippen molar-refractivity contribution in [2.45, 2.75) is 25.0 Å². The van der Waals surface area contributed by atoms with Gasteiger partial charge in [0.1, 0.15) is 11.5 Å². The average Bonchev–Trinajstić information content (AvgIpc) is 3.38. The van der Waals surface area contributed by atoms with E-state index in [2.05, 4.69) is 11.9 Å². The summed E-state index contributed by atoms with van der Waals surface area (Å²) >= 11 is 0. The maximum absolute atomic E-state index is 13.4. The fourth-order valence-electron chi connectivity index (χ4n) is 4.30. The molecule has 1 aromatic rings. The standard InChI is InChI=1S/C22H27N3O5/c1-4-7-25-18-13-24(12-15-6-5-8-30-15)21(26)19(18)20(23-22(25)27)14-9-16(28-2)11-17(10-14)29-3/h4,9-11,15,20H,1,5-8,12-13H2,2-3H3,(H,23,27). The summed E-state index contributed by atoms with van der Waals surface area (Å²) in [5.41, 5.74) is 2.02. The van der Waals surface area contributed by atoms with Gasteiger partial charge in [-0.05, 0) is 30.5 Å². The van der Waals surface area contributed by atoms with Gasteiger partial charge in [-0.2, -0.15) is 0 Å². The molecule has 160 valence electrons. The lowest BCUT2D eigenvalue weighted by atomic mass is 9.95. The summed E-state index contributed by atoms with van der Waals surface area (Å²) in [5.74, 6) is 1.10. The van der Waals surface area contributed by atoms with Crippen molar-refractivity contribution in [1.82, 2.24) is 15.1 Å². The molecule has 3 heterocycles. The van der Waals surface area contributed by atoms with Gasteiger partial charge in [-0.15, -0.1) is 6.58 Å². The van der Waals surface area contributed by atoms with Crippen LogP contribution in [0.2, 0.25) is 0 Å². The molecule has 0 bridgehead atoms. The third-order valence-electron chi connectivity index (χ3n) is 5.76. The molecular weight excluding hydrogens is 386 g/mol. The van der Waals surface area contributed by atoms with Crippen LogP contribution >= 0.6 is 0 Å². The van der Waals surface area contributed by atoms with Gasteiger partial charge < -0.3 is 24.4 Å². The second kappa shape index (κ2) is 8.39. The van der Waals surface area contributed by atoms with E-state index >= 15 is 0 Å².